The smallest absolute Gasteiger partial charge is 0.345 e. The van der Waals surface area contributed by atoms with Crippen molar-refractivity contribution in [3.63, 3.8) is 0 Å². The summed E-state index contributed by atoms with van der Waals surface area (Å²) < 4.78 is 0. The molecule has 0 saturated heterocycles. The van der Waals surface area contributed by atoms with E-state index in [4.69, 9.17) is 16.7 Å². The fraction of sp³-hybridized carbons (Fsp3) is 0.773. The predicted octanol–water partition coefficient (Wildman–Crippen LogP) is 6.51. The molecule has 0 unspecified atom stereocenters. The molecule has 5 heteroatoms. The average molecular weight is 415 g/mol. The summed E-state index contributed by atoms with van der Waals surface area (Å²) in [5.74, 6) is -0.123. The van der Waals surface area contributed by atoms with E-state index in [0.717, 1.165) is 37.0 Å². The lowest BCUT2D eigenvalue weighted by molar-refractivity contribution is 0.0702. The van der Waals surface area contributed by atoms with E-state index < -0.39 is 5.97 Å². The van der Waals surface area contributed by atoms with Crippen molar-refractivity contribution >= 4 is 28.9 Å². The molecule has 1 aliphatic carbocycles. The number of carboxylic acid groups (broad SMARTS) is 1. The molecule has 1 aliphatic rings. The summed E-state index contributed by atoms with van der Waals surface area (Å²) in [5, 5.41) is 19.5. The standard InChI is InChI=1S/C22H35ClO3S/c1-2-3-4-5-6-7-8-11-18-17(19(23)15-20(18)24)12-9-10-16-13-14-21(27-16)22(25)26/h13-14,17-20,24H,2-12,15H2,1H3,(H,25,26)/t17-,18-,19-,20-/m1/s1. The number of aromatic carboxylic acids is 1. The van der Waals surface area contributed by atoms with Crippen LogP contribution in [0.3, 0.4) is 0 Å². The van der Waals surface area contributed by atoms with Gasteiger partial charge in [0.15, 0.2) is 0 Å². The first kappa shape index (κ1) is 22.7. The van der Waals surface area contributed by atoms with Crippen molar-refractivity contribution in [3.8, 4) is 0 Å². The van der Waals surface area contributed by atoms with Gasteiger partial charge in [0.05, 0.1) is 6.10 Å². The van der Waals surface area contributed by atoms with Crippen LogP contribution in [-0.4, -0.2) is 27.7 Å². The van der Waals surface area contributed by atoms with Gasteiger partial charge in [0.2, 0.25) is 0 Å². The lowest BCUT2D eigenvalue weighted by Crippen LogP contribution is -2.21. The summed E-state index contributed by atoms with van der Waals surface area (Å²) in [6, 6.07) is 3.61. The second-order valence-electron chi connectivity index (χ2n) is 8.02. The molecule has 154 valence electrons. The van der Waals surface area contributed by atoms with E-state index in [1.165, 1.54) is 56.3 Å². The number of carboxylic acids is 1. The molecule has 2 rings (SSSR count). The Morgan fingerprint density at radius 1 is 1.07 bits per heavy atom. The summed E-state index contributed by atoms with van der Waals surface area (Å²) in [4.78, 5) is 12.5. The van der Waals surface area contributed by atoms with Gasteiger partial charge in [0.1, 0.15) is 4.88 Å². The Labute approximate surface area is 173 Å². The van der Waals surface area contributed by atoms with Crippen LogP contribution in [-0.2, 0) is 6.42 Å². The first-order valence-corrected chi connectivity index (χ1v) is 11.9. The molecule has 27 heavy (non-hydrogen) atoms. The lowest BCUT2D eigenvalue weighted by atomic mass is 9.85. The molecule has 4 atom stereocenters. The molecular formula is C22H35ClO3S. The van der Waals surface area contributed by atoms with Crippen LogP contribution in [0.4, 0.5) is 0 Å². The van der Waals surface area contributed by atoms with Gasteiger partial charge in [-0.3, -0.25) is 0 Å². The normalized spacial score (nSPS) is 25.1. The molecule has 1 fully saturated rings. The van der Waals surface area contributed by atoms with Crippen LogP contribution in [0.5, 0.6) is 0 Å². The van der Waals surface area contributed by atoms with Crippen LogP contribution in [0.1, 0.15) is 92.1 Å². The molecule has 3 nitrogen and oxygen atoms in total. The van der Waals surface area contributed by atoms with Gasteiger partial charge >= 0.3 is 5.97 Å². The van der Waals surface area contributed by atoms with Gasteiger partial charge in [0.25, 0.3) is 0 Å². The number of alkyl halides is 1. The summed E-state index contributed by atoms with van der Waals surface area (Å²) in [7, 11) is 0. The molecule has 1 aromatic rings. The van der Waals surface area contributed by atoms with Crippen molar-refractivity contribution in [1.82, 2.24) is 0 Å². The number of hydrogen-bond acceptors (Lipinski definition) is 3. The molecule has 0 spiro atoms. The fourth-order valence-corrected chi connectivity index (χ4v) is 5.80. The molecule has 0 amide bonds. The van der Waals surface area contributed by atoms with Crippen molar-refractivity contribution in [2.24, 2.45) is 11.8 Å². The second kappa shape index (κ2) is 12.1. The Kier molecular flexibility index (Phi) is 10.2. The van der Waals surface area contributed by atoms with Crippen molar-refractivity contribution in [3.05, 3.63) is 21.9 Å². The molecule has 2 N–H and O–H groups in total. The third kappa shape index (κ3) is 7.40. The number of unbranched alkanes of at least 4 members (excludes halogenated alkanes) is 6. The molecule has 1 heterocycles. The zero-order chi connectivity index (χ0) is 19.6. The van der Waals surface area contributed by atoms with E-state index in [2.05, 4.69) is 6.92 Å². The maximum absolute atomic E-state index is 11.0. The van der Waals surface area contributed by atoms with E-state index in [-0.39, 0.29) is 11.5 Å². The highest BCUT2D eigenvalue weighted by molar-refractivity contribution is 7.13. The number of aryl methyl sites for hydroxylation is 1. The summed E-state index contributed by atoms with van der Waals surface area (Å²) in [6.45, 7) is 2.24. The van der Waals surface area contributed by atoms with Crippen LogP contribution in [0.15, 0.2) is 12.1 Å². The van der Waals surface area contributed by atoms with E-state index in [9.17, 15) is 9.90 Å². The maximum atomic E-state index is 11.0. The van der Waals surface area contributed by atoms with Crippen LogP contribution in [0.2, 0.25) is 0 Å². The van der Waals surface area contributed by atoms with Crippen molar-refractivity contribution < 1.29 is 15.0 Å². The Morgan fingerprint density at radius 2 is 1.74 bits per heavy atom. The van der Waals surface area contributed by atoms with Gasteiger partial charge in [-0.2, -0.15) is 0 Å². The topological polar surface area (TPSA) is 57.5 Å². The maximum Gasteiger partial charge on any atom is 0.345 e. The van der Waals surface area contributed by atoms with Gasteiger partial charge in [-0.25, -0.2) is 4.79 Å². The van der Waals surface area contributed by atoms with Crippen LogP contribution in [0.25, 0.3) is 0 Å². The van der Waals surface area contributed by atoms with Crippen LogP contribution < -0.4 is 0 Å². The van der Waals surface area contributed by atoms with Crippen molar-refractivity contribution in [2.45, 2.75) is 95.5 Å². The predicted molar refractivity (Wildman–Crippen MR) is 114 cm³/mol. The number of hydrogen-bond donors (Lipinski definition) is 2. The SMILES string of the molecule is CCCCCCCCC[C@@H]1[C@@H](CCCc2ccc(C(=O)O)s2)[C@H](Cl)C[C@H]1O. The molecule has 0 bridgehead atoms. The number of aliphatic hydroxyl groups excluding tert-OH is 1. The Morgan fingerprint density at radius 3 is 2.41 bits per heavy atom. The summed E-state index contributed by atoms with van der Waals surface area (Å²) in [5.41, 5.74) is 0. The monoisotopic (exact) mass is 414 g/mol. The Bertz CT molecular complexity index is 560. The third-order valence-electron chi connectivity index (χ3n) is 5.95. The molecule has 0 aliphatic heterocycles. The number of halogens is 1. The lowest BCUT2D eigenvalue weighted by Gasteiger charge is -2.23. The quantitative estimate of drug-likeness (QED) is 0.285. The van der Waals surface area contributed by atoms with E-state index in [1.54, 1.807) is 6.07 Å². The number of carbonyl (C=O) groups is 1. The summed E-state index contributed by atoms with van der Waals surface area (Å²) >= 11 is 7.93. The van der Waals surface area contributed by atoms with E-state index in [1.807, 2.05) is 6.07 Å². The minimum Gasteiger partial charge on any atom is -0.477 e. The van der Waals surface area contributed by atoms with Crippen LogP contribution >= 0.6 is 22.9 Å². The molecular weight excluding hydrogens is 380 g/mol. The highest BCUT2D eigenvalue weighted by atomic mass is 35.5. The highest BCUT2D eigenvalue weighted by Crippen LogP contribution is 2.42. The van der Waals surface area contributed by atoms with E-state index >= 15 is 0 Å². The number of rotatable bonds is 13. The largest absolute Gasteiger partial charge is 0.477 e. The minimum atomic E-state index is -0.847. The van der Waals surface area contributed by atoms with Gasteiger partial charge in [0, 0.05) is 10.3 Å². The molecule has 1 saturated carbocycles. The first-order chi connectivity index (χ1) is 13.0. The van der Waals surface area contributed by atoms with E-state index in [0.29, 0.717) is 16.7 Å². The first-order valence-electron chi connectivity index (χ1n) is 10.7. The van der Waals surface area contributed by atoms with Crippen LogP contribution in [0, 0.1) is 11.8 Å². The van der Waals surface area contributed by atoms with Gasteiger partial charge in [-0.05, 0) is 56.1 Å². The highest BCUT2D eigenvalue weighted by Gasteiger charge is 2.40. The molecule has 0 radical (unpaired) electrons. The van der Waals surface area contributed by atoms with Gasteiger partial charge in [-0.15, -0.1) is 22.9 Å². The van der Waals surface area contributed by atoms with Crippen molar-refractivity contribution in [1.29, 1.82) is 0 Å². The third-order valence-corrected chi connectivity index (χ3v) is 7.58. The second-order valence-corrected chi connectivity index (χ2v) is 9.75. The fourth-order valence-electron chi connectivity index (χ4n) is 4.41. The van der Waals surface area contributed by atoms with Crippen molar-refractivity contribution in [2.75, 3.05) is 0 Å². The van der Waals surface area contributed by atoms with Gasteiger partial charge < -0.3 is 10.2 Å². The molecule has 0 aromatic carbocycles. The number of thiophene rings is 1. The number of aliphatic hydroxyl groups is 1. The zero-order valence-corrected chi connectivity index (χ0v) is 18.1. The zero-order valence-electron chi connectivity index (χ0n) is 16.5. The Balaban J connectivity index is 1.71. The average Bonchev–Trinajstić information content (AvgIpc) is 3.20. The summed E-state index contributed by atoms with van der Waals surface area (Å²) in [6.07, 6.45) is 13.6. The molecule has 1 aromatic heterocycles. The van der Waals surface area contributed by atoms with Gasteiger partial charge in [-0.1, -0.05) is 51.9 Å². The minimum absolute atomic E-state index is 0.0764. The Hall–Kier alpha value is -0.580.